The number of ether oxygens (including phenoxy) is 1. The molecule has 0 saturated carbocycles. The minimum atomic E-state index is -4.69. The summed E-state index contributed by atoms with van der Waals surface area (Å²) in [5.41, 5.74) is -1.68. The van der Waals surface area contributed by atoms with E-state index in [1.165, 1.54) is 0 Å². The van der Waals surface area contributed by atoms with Crippen molar-refractivity contribution < 1.29 is 32.9 Å². The van der Waals surface area contributed by atoms with Crippen molar-refractivity contribution in [1.29, 1.82) is 0 Å². The number of aliphatic hydroxyl groups excluding tert-OH is 2. The van der Waals surface area contributed by atoms with E-state index < -0.39 is 40.6 Å². The lowest BCUT2D eigenvalue weighted by atomic mass is 10.0. The number of nitrogens with zero attached hydrogens (tertiary/aromatic N) is 1. The number of hydrogen-bond donors (Lipinski definition) is 2. The van der Waals surface area contributed by atoms with Gasteiger partial charge >= 0.3 is 12.1 Å². The molecule has 1 heterocycles. The second kappa shape index (κ2) is 5.72. The van der Waals surface area contributed by atoms with E-state index in [1.54, 1.807) is 0 Å². The van der Waals surface area contributed by atoms with E-state index >= 15 is 0 Å². The summed E-state index contributed by atoms with van der Waals surface area (Å²) in [7, 11) is 0.949. The van der Waals surface area contributed by atoms with Crippen LogP contribution in [0, 0.1) is 0 Å². The summed E-state index contributed by atoms with van der Waals surface area (Å²) in [6, 6.07) is 0.506. The van der Waals surface area contributed by atoms with Gasteiger partial charge in [0, 0.05) is 11.8 Å². The lowest BCUT2D eigenvalue weighted by Crippen LogP contribution is -2.29. The van der Waals surface area contributed by atoms with Gasteiger partial charge in [0.15, 0.2) is 6.10 Å². The van der Waals surface area contributed by atoms with E-state index in [1.807, 2.05) is 0 Å². The SMILES string of the molecule is COC(=O)C(O)C(O)c1cc(C(F)(F)F)cnc1Cl. The maximum Gasteiger partial charge on any atom is 0.417 e. The number of alkyl halides is 3. The van der Waals surface area contributed by atoms with Crippen molar-refractivity contribution in [2.75, 3.05) is 7.11 Å². The Morgan fingerprint density at radius 2 is 2.05 bits per heavy atom. The molecule has 2 unspecified atom stereocenters. The molecule has 2 N–H and O–H groups in total. The third-order valence-corrected chi connectivity index (χ3v) is 2.57. The fraction of sp³-hybridized carbons (Fsp3) is 0.400. The molecule has 19 heavy (non-hydrogen) atoms. The van der Waals surface area contributed by atoms with E-state index in [-0.39, 0.29) is 0 Å². The predicted molar refractivity (Wildman–Crippen MR) is 57.2 cm³/mol. The average Bonchev–Trinajstić information content (AvgIpc) is 2.35. The lowest BCUT2D eigenvalue weighted by Gasteiger charge is -2.18. The van der Waals surface area contributed by atoms with Crippen LogP contribution >= 0.6 is 11.6 Å². The smallest absolute Gasteiger partial charge is 0.417 e. The third-order valence-electron chi connectivity index (χ3n) is 2.25. The summed E-state index contributed by atoms with van der Waals surface area (Å²) in [4.78, 5) is 14.3. The number of pyridine rings is 1. The zero-order valence-electron chi connectivity index (χ0n) is 9.48. The summed E-state index contributed by atoms with van der Waals surface area (Å²) in [5, 5.41) is 18.5. The summed E-state index contributed by atoms with van der Waals surface area (Å²) in [6.07, 6.45) is -8.26. The molecule has 0 aliphatic carbocycles. The highest BCUT2D eigenvalue weighted by Gasteiger charge is 2.34. The third kappa shape index (κ3) is 3.55. The maximum absolute atomic E-state index is 12.5. The minimum Gasteiger partial charge on any atom is -0.467 e. The quantitative estimate of drug-likeness (QED) is 0.650. The van der Waals surface area contributed by atoms with Gasteiger partial charge in [-0.25, -0.2) is 9.78 Å². The van der Waals surface area contributed by atoms with Gasteiger partial charge in [0.25, 0.3) is 0 Å². The van der Waals surface area contributed by atoms with E-state index in [2.05, 4.69) is 9.72 Å². The van der Waals surface area contributed by atoms with Crippen molar-refractivity contribution >= 4 is 17.6 Å². The molecule has 0 fully saturated rings. The van der Waals surface area contributed by atoms with Crippen LogP contribution in [0.2, 0.25) is 5.15 Å². The number of halogens is 4. The summed E-state index contributed by atoms with van der Waals surface area (Å²) >= 11 is 5.53. The van der Waals surface area contributed by atoms with Crippen LogP contribution in [0.1, 0.15) is 17.2 Å². The highest BCUT2D eigenvalue weighted by atomic mass is 35.5. The Hall–Kier alpha value is -1.38. The number of aromatic nitrogens is 1. The zero-order chi connectivity index (χ0) is 14.8. The van der Waals surface area contributed by atoms with E-state index in [9.17, 15) is 28.2 Å². The van der Waals surface area contributed by atoms with Crippen LogP contribution in [0.25, 0.3) is 0 Å². The topological polar surface area (TPSA) is 79.7 Å². The Balaban J connectivity index is 3.15. The first-order valence-corrected chi connectivity index (χ1v) is 5.23. The van der Waals surface area contributed by atoms with Crippen LogP contribution in [0.4, 0.5) is 13.2 Å². The number of carbonyl (C=O) groups excluding carboxylic acids is 1. The first-order chi connectivity index (χ1) is 8.68. The summed E-state index contributed by atoms with van der Waals surface area (Å²) < 4.78 is 41.6. The van der Waals surface area contributed by atoms with Crippen LogP contribution < -0.4 is 0 Å². The largest absolute Gasteiger partial charge is 0.467 e. The normalized spacial score (nSPS) is 14.9. The van der Waals surface area contributed by atoms with Gasteiger partial charge < -0.3 is 14.9 Å². The highest BCUT2D eigenvalue weighted by Crippen LogP contribution is 2.33. The molecule has 0 amide bonds. The molecule has 1 aromatic rings. The Labute approximate surface area is 110 Å². The minimum absolute atomic E-state index is 0.455. The first kappa shape index (κ1) is 15.7. The van der Waals surface area contributed by atoms with Gasteiger partial charge in [-0.1, -0.05) is 11.6 Å². The van der Waals surface area contributed by atoms with Crippen molar-refractivity contribution in [2.24, 2.45) is 0 Å². The standard InChI is InChI=1S/C10H9ClF3NO4/c1-19-9(18)7(17)6(16)5-2-4(10(12,13)14)3-15-8(5)11/h2-3,6-7,16-17H,1H3. The van der Waals surface area contributed by atoms with E-state index in [0.29, 0.717) is 12.3 Å². The second-order valence-corrected chi connectivity index (χ2v) is 3.87. The van der Waals surface area contributed by atoms with Gasteiger partial charge in [-0.2, -0.15) is 13.2 Å². The molecule has 0 bridgehead atoms. The van der Waals surface area contributed by atoms with E-state index in [4.69, 9.17) is 11.6 Å². The number of carbonyl (C=O) groups is 1. The molecular formula is C10H9ClF3NO4. The lowest BCUT2D eigenvalue weighted by molar-refractivity contribution is -0.156. The molecule has 0 spiro atoms. The van der Waals surface area contributed by atoms with Gasteiger partial charge in [-0.15, -0.1) is 0 Å². The Bertz CT molecular complexity index is 480. The number of methoxy groups -OCH3 is 1. The van der Waals surface area contributed by atoms with Gasteiger partial charge in [0.2, 0.25) is 0 Å². The van der Waals surface area contributed by atoms with Crippen LogP contribution in [-0.2, 0) is 15.7 Å². The van der Waals surface area contributed by atoms with E-state index in [0.717, 1.165) is 7.11 Å². The Morgan fingerprint density at radius 3 is 2.53 bits per heavy atom. The molecule has 5 nitrogen and oxygen atoms in total. The van der Waals surface area contributed by atoms with Gasteiger partial charge in [0.05, 0.1) is 12.7 Å². The van der Waals surface area contributed by atoms with Gasteiger partial charge in [-0.3, -0.25) is 0 Å². The molecule has 9 heteroatoms. The van der Waals surface area contributed by atoms with Crippen LogP contribution in [-0.4, -0.2) is 34.4 Å². The van der Waals surface area contributed by atoms with Crippen LogP contribution in [0.15, 0.2) is 12.3 Å². The number of aliphatic hydroxyl groups is 2. The molecule has 1 rings (SSSR count). The van der Waals surface area contributed by atoms with Gasteiger partial charge in [-0.05, 0) is 6.07 Å². The second-order valence-electron chi connectivity index (χ2n) is 3.51. The van der Waals surface area contributed by atoms with Crippen molar-refractivity contribution in [2.45, 2.75) is 18.4 Å². The Morgan fingerprint density at radius 1 is 1.47 bits per heavy atom. The predicted octanol–water partition coefficient (Wildman–Crippen LogP) is 1.32. The molecule has 0 aromatic carbocycles. The maximum atomic E-state index is 12.5. The molecule has 1 aromatic heterocycles. The molecule has 0 radical (unpaired) electrons. The monoisotopic (exact) mass is 299 g/mol. The first-order valence-electron chi connectivity index (χ1n) is 4.85. The highest BCUT2D eigenvalue weighted by molar-refractivity contribution is 6.30. The fourth-order valence-electron chi connectivity index (χ4n) is 1.25. The van der Waals surface area contributed by atoms with Crippen molar-refractivity contribution in [3.63, 3.8) is 0 Å². The van der Waals surface area contributed by atoms with Crippen molar-refractivity contribution in [3.05, 3.63) is 28.5 Å². The van der Waals surface area contributed by atoms with Crippen LogP contribution in [0.3, 0.4) is 0 Å². The molecular weight excluding hydrogens is 291 g/mol. The molecule has 0 aliphatic heterocycles. The molecule has 0 aliphatic rings. The molecule has 2 atom stereocenters. The van der Waals surface area contributed by atoms with Crippen molar-refractivity contribution in [3.8, 4) is 0 Å². The van der Waals surface area contributed by atoms with Crippen LogP contribution in [0.5, 0.6) is 0 Å². The number of rotatable bonds is 3. The summed E-state index contributed by atoms with van der Waals surface area (Å²) in [6.45, 7) is 0. The Kier molecular flexibility index (Phi) is 4.72. The number of esters is 1. The number of hydrogen-bond acceptors (Lipinski definition) is 5. The zero-order valence-corrected chi connectivity index (χ0v) is 10.2. The molecule has 106 valence electrons. The molecule has 0 saturated heterocycles. The van der Waals surface area contributed by atoms with Crippen molar-refractivity contribution in [1.82, 2.24) is 4.98 Å². The fourth-order valence-corrected chi connectivity index (χ4v) is 1.46. The average molecular weight is 300 g/mol. The van der Waals surface area contributed by atoms with Gasteiger partial charge in [0.1, 0.15) is 11.3 Å². The summed E-state index contributed by atoms with van der Waals surface area (Å²) in [5.74, 6) is -1.21.